The van der Waals surface area contributed by atoms with Crippen molar-refractivity contribution in [3.8, 4) is 0 Å². The van der Waals surface area contributed by atoms with E-state index in [0.717, 1.165) is 26.2 Å². The zero-order valence-electron chi connectivity index (χ0n) is 14.4. The lowest BCUT2D eigenvalue weighted by Gasteiger charge is -2.21. The molecule has 1 aromatic rings. The summed E-state index contributed by atoms with van der Waals surface area (Å²) < 4.78 is 27.2. The maximum atomic E-state index is 12.6. The molecule has 6 nitrogen and oxygen atoms in total. The summed E-state index contributed by atoms with van der Waals surface area (Å²) >= 11 is 0. The highest BCUT2D eigenvalue weighted by molar-refractivity contribution is 7.89. The average molecular weight is 351 g/mol. The van der Waals surface area contributed by atoms with Crippen LogP contribution in [0.5, 0.6) is 0 Å². The molecule has 24 heavy (non-hydrogen) atoms. The summed E-state index contributed by atoms with van der Waals surface area (Å²) in [7, 11) is -3.58. The highest BCUT2D eigenvalue weighted by atomic mass is 32.2. The zero-order chi connectivity index (χ0) is 17.5. The van der Waals surface area contributed by atoms with Gasteiger partial charge in [-0.05, 0) is 56.9 Å². The van der Waals surface area contributed by atoms with Crippen molar-refractivity contribution >= 4 is 15.9 Å². The second-order valence-corrected chi connectivity index (χ2v) is 9.45. The monoisotopic (exact) mass is 351 g/mol. The largest absolute Gasteiger partial charge is 0.338 e. The summed E-state index contributed by atoms with van der Waals surface area (Å²) in [4.78, 5) is 14.7. The van der Waals surface area contributed by atoms with Crippen LogP contribution in [0.1, 0.15) is 31.1 Å². The molecule has 0 unspecified atom stereocenters. The lowest BCUT2D eigenvalue weighted by atomic mass is 10.0. The molecule has 0 spiro atoms. The van der Waals surface area contributed by atoms with Crippen molar-refractivity contribution in [3.63, 3.8) is 0 Å². The number of carbonyl (C=O) groups is 1. The van der Waals surface area contributed by atoms with Crippen molar-refractivity contribution < 1.29 is 13.2 Å². The van der Waals surface area contributed by atoms with Crippen molar-refractivity contribution in [2.24, 2.45) is 11.8 Å². The van der Waals surface area contributed by atoms with Crippen LogP contribution in [0.2, 0.25) is 0 Å². The number of likely N-dealkylation sites (tertiary alicyclic amines) is 1. The van der Waals surface area contributed by atoms with Crippen LogP contribution in [0.3, 0.4) is 0 Å². The molecule has 0 aliphatic carbocycles. The molecule has 1 amide bonds. The Morgan fingerprint density at radius 2 is 1.67 bits per heavy atom. The van der Waals surface area contributed by atoms with Crippen LogP contribution in [-0.2, 0) is 10.0 Å². The van der Waals surface area contributed by atoms with Gasteiger partial charge < -0.3 is 10.2 Å². The van der Waals surface area contributed by atoms with Gasteiger partial charge >= 0.3 is 0 Å². The molecule has 0 saturated carbocycles. The Morgan fingerprint density at radius 3 is 2.17 bits per heavy atom. The molecular formula is C17H25N3O3S. The predicted octanol–water partition coefficient (Wildman–Crippen LogP) is 1.05. The summed E-state index contributed by atoms with van der Waals surface area (Å²) in [5.74, 6) is 1.08. The van der Waals surface area contributed by atoms with Crippen molar-refractivity contribution in [2.75, 3.05) is 26.2 Å². The first-order valence-corrected chi connectivity index (χ1v) is 9.78. The molecular weight excluding hydrogens is 326 g/mol. The predicted molar refractivity (Wildman–Crippen MR) is 92.3 cm³/mol. The van der Waals surface area contributed by atoms with Gasteiger partial charge in [0.25, 0.3) is 5.91 Å². The number of hydrogen-bond donors (Lipinski definition) is 2. The molecule has 2 heterocycles. The normalized spacial score (nSPS) is 24.2. The lowest BCUT2D eigenvalue weighted by Crippen LogP contribution is -2.40. The quantitative estimate of drug-likeness (QED) is 0.853. The third kappa shape index (κ3) is 3.63. The average Bonchev–Trinajstić information content (AvgIpc) is 3.05. The first-order valence-electron chi connectivity index (χ1n) is 8.30. The van der Waals surface area contributed by atoms with E-state index >= 15 is 0 Å². The van der Waals surface area contributed by atoms with Gasteiger partial charge in [-0.3, -0.25) is 4.79 Å². The lowest BCUT2D eigenvalue weighted by molar-refractivity contribution is 0.0781. The Labute approximate surface area is 143 Å². The van der Waals surface area contributed by atoms with Crippen LogP contribution in [0.15, 0.2) is 29.2 Å². The van der Waals surface area contributed by atoms with Crippen molar-refractivity contribution in [1.29, 1.82) is 0 Å². The SMILES string of the molecule is CC(C)(C)NS(=O)(=O)c1ccc(C(=O)N2C[C@H]3CNC[C@H]3C2)cc1. The first kappa shape index (κ1) is 17.4. The molecule has 2 N–H and O–H groups in total. The minimum absolute atomic E-state index is 0.0165. The van der Waals surface area contributed by atoms with Crippen LogP contribution < -0.4 is 10.0 Å². The first-order chi connectivity index (χ1) is 11.2. The third-order valence-corrected chi connectivity index (χ3v) is 6.30. The number of fused-ring (bicyclic) bond motifs is 1. The van der Waals surface area contributed by atoms with Gasteiger partial charge in [-0.15, -0.1) is 0 Å². The molecule has 0 aromatic heterocycles. The summed E-state index contributed by atoms with van der Waals surface area (Å²) in [5.41, 5.74) is -0.00745. The molecule has 132 valence electrons. The van der Waals surface area contributed by atoms with Crippen LogP contribution in [0, 0.1) is 11.8 Å². The van der Waals surface area contributed by atoms with Gasteiger partial charge in [0.2, 0.25) is 10.0 Å². The summed E-state index contributed by atoms with van der Waals surface area (Å²) in [6.07, 6.45) is 0. The van der Waals surface area contributed by atoms with E-state index in [-0.39, 0.29) is 10.8 Å². The Morgan fingerprint density at radius 1 is 1.12 bits per heavy atom. The Balaban J connectivity index is 1.72. The number of carbonyl (C=O) groups excluding carboxylic acids is 1. The molecule has 0 bridgehead atoms. The maximum Gasteiger partial charge on any atom is 0.253 e. The van der Waals surface area contributed by atoms with Crippen molar-refractivity contribution in [1.82, 2.24) is 14.9 Å². The molecule has 1 aromatic carbocycles. The zero-order valence-corrected chi connectivity index (χ0v) is 15.2. The third-order valence-electron chi connectivity index (χ3n) is 4.53. The molecule has 2 fully saturated rings. The fraction of sp³-hybridized carbons (Fsp3) is 0.588. The van der Waals surface area contributed by atoms with Gasteiger partial charge in [0.15, 0.2) is 0 Å². The number of amides is 1. The van der Waals surface area contributed by atoms with E-state index in [4.69, 9.17) is 0 Å². The second-order valence-electron chi connectivity index (χ2n) is 7.77. The second kappa shape index (κ2) is 6.13. The smallest absolute Gasteiger partial charge is 0.253 e. The Bertz CT molecular complexity index is 710. The van der Waals surface area contributed by atoms with E-state index in [2.05, 4.69) is 10.0 Å². The molecule has 2 atom stereocenters. The van der Waals surface area contributed by atoms with Crippen LogP contribution in [0.4, 0.5) is 0 Å². The van der Waals surface area contributed by atoms with Gasteiger partial charge in [0.05, 0.1) is 4.90 Å². The van der Waals surface area contributed by atoms with E-state index in [0.29, 0.717) is 17.4 Å². The number of nitrogens with zero attached hydrogens (tertiary/aromatic N) is 1. The summed E-state index contributed by atoms with van der Waals surface area (Å²) in [6.45, 7) is 8.89. The number of sulfonamides is 1. The van der Waals surface area contributed by atoms with Gasteiger partial charge in [-0.25, -0.2) is 13.1 Å². The Kier molecular flexibility index (Phi) is 4.44. The number of hydrogen-bond acceptors (Lipinski definition) is 4. The fourth-order valence-electron chi connectivity index (χ4n) is 3.44. The van der Waals surface area contributed by atoms with Crippen molar-refractivity contribution in [3.05, 3.63) is 29.8 Å². The Hall–Kier alpha value is -1.44. The number of nitrogens with one attached hydrogen (secondary N) is 2. The van der Waals surface area contributed by atoms with E-state index in [1.165, 1.54) is 12.1 Å². The maximum absolute atomic E-state index is 12.6. The van der Waals surface area contributed by atoms with Gasteiger partial charge in [0, 0.05) is 37.3 Å². The van der Waals surface area contributed by atoms with E-state index < -0.39 is 15.6 Å². The fourth-order valence-corrected chi connectivity index (χ4v) is 4.86. The molecule has 3 rings (SSSR count). The highest BCUT2D eigenvalue weighted by Gasteiger charge is 2.38. The van der Waals surface area contributed by atoms with E-state index in [1.54, 1.807) is 32.9 Å². The summed E-state index contributed by atoms with van der Waals surface area (Å²) in [5, 5.41) is 3.35. The van der Waals surface area contributed by atoms with Gasteiger partial charge in [0.1, 0.15) is 0 Å². The molecule has 2 aliphatic heterocycles. The van der Waals surface area contributed by atoms with E-state index in [1.807, 2.05) is 4.90 Å². The summed E-state index contributed by atoms with van der Waals surface area (Å²) in [6, 6.07) is 6.21. The van der Waals surface area contributed by atoms with Crippen LogP contribution in [0.25, 0.3) is 0 Å². The van der Waals surface area contributed by atoms with Gasteiger partial charge in [-0.1, -0.05) is 0 Å². The molecule has 2 saturated heterocycles. The minimum atomic E-state index is -3.58. The highest BCUT2D eigenvalue weighted by Crippen LogP contribution is 2.27. The minimum Gasteiger partial charge on any atom is -0.338 e. The van der Waals surface area contributed by atoms with Crippen LogP contribution in [-0.4, -0.2) is 50.9 Å². The topological polar surface area (TPSA) is 78.5 Å². The molecule has 2 aliphatic rings. The number of rotatable bonds is 3. The molecule has 0 radical (unpaired) electrons. The number of benzene rings is 1. The van der Waals surface area contributed by atoms with Crippen molar-refractivity contribution in [2.45, 2.75) is 31.2 Å². The van der Waals surface area contributed by atoms with Crippen LogP contribution >= 0.6 is 0 Å². The van der Waals surface area contributed by atoms with E-state index in [9.17, 15) is 13.2 Å². The molecule has 7 heteroatoms. The van der Waals surface area contributed by atoms with Gasteiger partial charge in [-0.2, -0.15) is 0 Å². The standard InChI is InChI=1S/C17H25N3O3S/c1-17(2,3)19-24(22,23)15-6-4-12(5-7-15)16(21)20-10-13-8-18-9-14(13)11-20/h4-7,13-14,18-19H,8-11H2,1-3H3/t13-,14+.